The summed E-state index contributed by atoms with van der Waals surface area (Å²) in [6.07, 6.45) is 0.436. The van der Waals surface area contributed by atoms with E-state index in [-0.39, 0.29) is 17.9 Å². The molecule has 114 valence electrons. The number of rotatable bonds is 4. The molecule has 1 aliphatic rings. The van der Waals surface area contributed by atoms with Crippen LogP contribution < -0.4 is 5.73 Å². The first-order chi connectivity index (χ1) is 9.97. The lowest BCUT2D eigenvalue weighted by molar-refractivity contribution is -0.133. The van der Waals surface area contributed by atoms with Crippen LogP contribution >= 0.6 is 0 Å². The molecule has 2 rings (SSSR count). The van der Waals surface area contributed by atoms with Crippen LogP contribution in [0.5, 0.6) is 0 Å². The van der Waals surface area contributed by atoms with Crippen LogP contribution in [0.1, 0.15) is 18.1 Å². The molecule has 0 aliphatic carbocycles. The van der Waals surface area contributed by atoms with Gasteiger partial charge in [-0.15, -0.1) is 0 Å². The van der Waals surface area contributed by atoms with E-state index in [1.807, 2.05) is 47.9 Å². The van der Waals surface area contributed by atoms with E-state index in [1.165, 1.54) is 5.56 Å². The molecule has 0 spiro atoms. The minimum atomic E-state index is -0.311. The minimum absolute atomic E-state index is 0.144. The largest absolute Gasteiger partial charge is 0.368 e. The fourth-order valence-electron chi connectivity index (χ4n) is 2.53. The molecule has 1 atom stereocenters. The highest BCUT2D eigenvalue weighted by Crippen LogP contribution is 2.10. The fourth-order valence-corrected chi connectivity index (χ4v) is 2.53. The Kier molecular flexibility index (Phi) is 4.96. The van der Waals surface area contributed by atoms with Crippen LogP contribution in [0.15, 0.2) is 24.3 Å². The highest BCUT2D eigenvalue weighted by Gasteiger charge is 2.26. The fraction of sp³-hybridized carbons (Fsp3) is 0.500. The van der Waals surface area contributed by atoms with Crippen molar-refractivity contribution in [1.29, 1.82) is 0 Å². The topological polar surface area (TPSA) is 66.6 Å². The Morgan fingerprint density at radius 2 is 1.71 bits per heavy atom. The van der Waals surface area contributed by atoms with Crippen molar-refractivity contribution in [2.75, 3.05) is 26.2 Å². The molecule has 1 heterocycles. The molecule has 2 amide bonds. The Labute approximate surface area is 125 Å². The molecule has 1 aromatic carbocycles. The molecule has 0 unspecified atom stereocenters. The molecule has 1 fully saturated rings. The maximum atomic E-state index is 12.3. The summed E-state index contributed by atoms with van der Waals surface area (Å²) < 4.78 is 0. The van der Waals surface area contributed by atoms with Gasteiger partial charge in [0.2, 0.25) is 11.8 Å². The number of nitrogens with two attached hydrogens (primary N) is 1. The first-order valence-electron chi connectivity index (χ1n) is 7.34. The second-order valence-electron chi connectivity index (χ2n) is 5.66. The second-order valence-corrected chi connectivity index (χ2v) is 5.66. The van der Waals surface area contributed by atoms with Crippen molar-refractivity contribution >= 4 is 11.8 Å². The summed E-state index contributed by atoms with van der Waals surface area (Å²) in [7, 11) is 0. The zero-order valence-electron chi connectivity index (χ0n) is 12.7. The quantitative estimate of drug-likeness (QED) is 0.880. The van der Waals surface area contributed by atoms with Gasteiger partial charge in [-0.05, 0) is 19.4 Å². The van der Waals surface area contributed by atoms with Crippen molar-refractivity contribution in [3.05, 3.63) is 35.4 Å². The average molecular weight is 289 g/mol. The van der Waals surface area contributed by atoms with Gasteiger partial charge in [-0.25, -0.2) is 0 Å². The van der Waals surface area contributed by atoms with Crippen molar-refractivity contribution in [1.82, 2.24) is 9.80 Å². The summed E-state index contributed by atoms with van der Waals surface area (Å²) in [4.78, 5) is 27.4. The number of aryl methyl sites for hydroxylation is 1. The van der Waals surface area contributed by atoms with Gasteiger partial charge in [-0.3, -0.25) is 14.5 Å². The van der Waals surface area contributed by atoms with Crippen LogP contribution in [0.25, 0.3) is 0 Å². The van der Waals surface area contributed by atoms with Gasteiger partial charge in [0.05, 0.1) is 12.5 Å². The molecule has 1 saturated heterocycles. The summed E-state index contributed by atoms with van der Waals surface area (Å²) in [5, 5.41) is 0. The number of amides is 2. The molecule has 21 heavy (non-hydrogen) atoms. The van der Waals surface area contributed by atoms with Gasteiger partial charge in [0.1, 0.15) is 0 Å². The number of benzene rings is 1. The molecule has 2 N–H and O–H groups in total. The predicted octanol–water partition coefficient (Wildman–Crippen LogP) is 0.556. The van der Waals surface area contributed by atoms with Gasteiger partial charge in [-0.2, -0.15) is 0 Å². The SMILES string of the molecule is Cc1ccc(CC(=O)N2CCN([C@H](C)C(N)=O)CC2)cc1. The van der Waals surface area contributed by atoms with Crippen molar-refractivity contribution < 1.29 is 9.59 Å². The molecule has 0 saturated carbocycles. The average Bonchev–Trinajstić information content (AvgIpc) is 2.49. The van der Waals surface area contributed by atoms with Crippen molar-refractivity contribution in [3.63, 3.8) is 0 Å². The van der Waals surface area contributed by atoms with Crippen LogP contribution in [-0.4, -0.2) is 53.8 Å². The summed E-state index contributed by atoms with van der Waals surface area (Å²) in [6, 6.07) is 7.78. The zero-order chi connectivity index (χ0) is 15.4. The minimum Gasteiger partial charge on any atom is -0.368 e. The third-order valence-corrected chi connectivity index (χ3v) is 4.10. The summed E-state index contributed by atoms with van der Waals surface area (Å²) in [6.45, 7) is 6.55. The monoisotopic (exact) mass is 289 g/mol. The molecule has 1 aliphatic heterocycles. The third-order valence-electron chi connectivity index (χ3n) is 4.10. The lowest BCUT2D eigenvalue weighted by Crippen LogP contribution is -2.54. The smallest absolute Gasteiger partial charge is 0.234 e. The Morgan fingerprint density at radius 3 is 2.24 bits per heavy atom. The van der Waals surface area contributed by atoms with Crippen LogP contribution in [-0.2, 0) is 16.0 Å². The normalized spacial score (nSPS) is 17.5. The number of carbonyl (C=O) groups is 2. The van der Waals surface area contributed by atoms with Gasteiger partial charge >= 0.3 is 0 Å². The number of piperazine rings is 1. The van der Waals surface area contributed by atoms with E-state index in [0.29, 0.717) is 32.6 Å². The summed E-state index contributed by atoms with van der Waals surface area (Å²) >= 11 is 0. The van der Waals surface area contributed by atoms with E-state index < -0.39 is 0 Å². The van der Waals surface area contributed by atoms with Crippen LogP contribution in [0.4, 0.5) is 0 Å². The molecular formula is C16H23N3O2. The van der Waals surface area contributed by atoms with Gasteiger partial charge < -0.3 is 10.6 Å². The van der Waals surface area contributed by atoms with E-state index in [4.69, 9.17) is 5.73 Å². The van der Waals surface area contributed by atoms with E-state index in [9.17, 15) is 9.59 Å². The third kappa shape index (κ3) is 4.04. The Hall–Kier alpha value is -1.88. The summed E-state index contributed by atoms with van der Waals surface area (Å²) in [5.74, 6) is -0.167. The molecule has 5 nitrogen and oxygen atoms in total. The number of carbonyl (C=O) groups excluding carboxylic acids is 2. The van der Waals surface area contributed by atoms with Gasteiger partial charge in [0.25, 0.3) is 0 Å². The Balaban J connectivity index is 1.85. The molecular weight excluding hydrogens is 266 g/mol. The van der Waals surface area contributed by atoms with E-state index in [2.05, 4.69) is 0 Å². The van der Waals surface area contributed by atoms with Gasteiger partial charge in [-0.1, -0.05) is 29.8 Å². The Bertz CT molecular complexity index is 505. The van der Waals surface area contributed by atoms with E-state index in [0.717, 1.165) is 5.56 Å². The van der Waals surface area contributed by atoms with Crippen LogP contribution in [0.3, 0.4) is 0 Å². The standard InChI is InChI=1S/C16H23N3O2/c1-12-3-5-14(6-4-12)11-15(20)19-9-7-18(8-10-19)13(2)16(17)21/h3-6,13H,7-11H2,1-2H3,(H2,17,21)/t13-/m1/s1. The molecule has 0 aromatic heterocycles. The molecule has 0 radical (unpaired) electrons. The van der Waals surface area contributed by atoms with Crippen molar-refractivity contribution in [2.24, 2.45) is 5.73 Å². The predicted molar refractivity (Wildman–Crippen MR) is 81.7 cm³/mol. The maximum Gasteiger partial charge on any atom is 0.234 e. The lowest BCUT2D eigenvalue weighted by Gasteiger charge is -2.37. The van der Waals surface area contributed by atoms with E-state index >= 15 is 0 Å². The number of nitrogens with zero attached hydrogens (tertiary/aromatic N) is 2. The van der Waals surface area contributed by atoms with Gasteiger partial charge in [0, 0.05) is 26.2 Å². The highest BCUT2D eigenvalue weighted by atomic mass is 16.2. The second kappa shape index (κ2) is 6.72. The molecule has 1 aromatic rings. The number of primary amides is 1. The van der Waals surface area contributed by atoms with E-state index in [1.54, 1.807) is 0 Å². The van der Waals surface area contributed by atoms with Crippen molar-refractivity contribution in [3.8, 4) is 0 Å². The summed E-state index contributed by atoms with van der Waals surface area (Å²) in [5.41, 5.74) is 7.55. The highest BCUT2D eigenvalue weighted by molar-refractivity contribution is 5.80. The molecule has 5 heteroatoms. The maximum absolute atomic E-state index is 12.3. The van der Waals surface area contributed by atoms with Crippen molar-refractivity contribution in [2.45, 2.75) is 26.3 Å². The van der Waals surface area contributed by atoms with Gasteiger partial charge in [0.15, 0.2) is 0 Å². The number of hydrogen-bond acceptors (Lipinski definition) is 3. The first-order valence-corrected chi connectivity index (χ1v) is 7.34. The van der Waals surface area contributed by atoms with Crippen LogP contribution in [0, 0.1) is 6.92 Å². The number of hydrogen-bond donors (Lipinski definition) is 1. The molecule has 0 bridgehead atoms. The first kappa shape index (κ1) is 15.5. The van der Waals surface area contributed by atoms with Crippen LogP contribution in [0.2, 0.25) is 0 Å². The Morgan fingerprint density at radius 1 is 1.14 bits per heavy atom. The zero-order valence-corrected chi connectivity index (χ0v) is 12.7. The lowest BCUT2D eigenvalue weighted by atomic mass is 10.1.